The molecule has 0 aliphatic carbocycles. The predicted octanol–water partition coefficient (Wildman–Crippen LogP) is 4.18. The van der Waals surface area contributed by atoms with E-state index in [2.05, 4.69) is 0 Å². The molecule has 0 saturated carbocycles. The van der Waals surface area contributed by atoms with Gasteiger partial charge < -0.3 is 19.1 Å². The molecule has 1 atom stereocenters. The van der Waals surface area contributed by atoms with Gasteiger partial charge in [0.05, 0.1) is 25.3 Å². The third-order valence-corrected chi connectivity index (χ3v) is 4.83. The number of aliphatic hydroxyl groups is 1. The molecule has 4 aromatic rings. The van der Waals surface area contributed by atoms with Gasteiger partial charge in [0.1, 0.15) is 11.9 Å². The molecule has 0 amide bonds. The van der Waals surface area contributed by atoms with E-state index >= 15 is 0 Å². The monoisotopic (exact) mass is 374 g/mol. The molecule has 1 N–H and O–H groups in total. The fourth-order valence-corrected chi connectivity index (χ4v) is 3.42. The van der Waals surface area contributed by atoms with Crippen molar-refractivity contribution in [3.8, 4) is 11.5 Å². The first-order chi connectivity index (χ1) is 13.7. The first-order valence-electron chi connectivity index (χ1n) is 9.10. The van der Waals surface area contributed by atoms with Crippen LogP contribution in [0.3, 0.4) is 0 Å². The largest absolute Gasteiger partial charge is 0.493 e. The lowest BCUT2D eigenvalue weighted by Gasteiger charge is -2.15. The molecule has 0 bridgehead atoms. The maximum Gasteiger partial charge on any atom is 0.161 e. The van der Waals surface area contributed by atoms with Crippen molar-refractivity contribution < 1.29 is 14.6 Å². The molecule has 5 heteroatoms. The molecule has 0 saturated heterocycles. The minimum absolute atomic E-state index is 0.556. The topological polar surface area (TPSA) is 56.5 Å². The zero-order valence-electron chi connectivity index (χ0n) is 15.9. The van der Waals surface area contributed by atoms with Gasteiger partial charge in [-0.2, -0.15) is 0 Å². The maximum absolute atomic E-state index is 11.0. The number of hydrogen-bond donors (Lipinski definition) is 1. The Morgan fingerprint density at radius 2 is 1.61 bits per heavy atom. The number of ether oxygens (including phenoxy) is 2. The number of para-hydroxylation sites is 2. The molecule has 28 heavy (non-hydrogen) atoms. The van der Waals surface area contributed by atoms with E-state index in [-0.39, 0.29) is 0 Å². The summed E-state index contributed by atoms with van der Waals surface area (Å²) < 4.78 is 12.8. The van der Waals surface area contributed by atoms with Crippen LogP contribution in [0.2, 0.25) is 0 Å². The quantitative estimate of drug-likeness (QED) is 0.550. The standard InChI is InChI=1S/C23H22N2O3/c1-27-20-13-12-16(14-21(20)28-2)15-25-19-11-7-6-10-18(19)24-23(25)22(26)17-8-4-3-5-9-17/h3-14,22,26H,15H2,1-2H3/t22-/m1/s1. The molecule has 1 heterocycles. The normalized spacial score (nSPS) is 12.1. The van der Waals surface area contributed by atoms with Crippen molar-refractivity contribution >= 4 is 11.0 Å². The Hall–Kier alpha value is -3.31. The summed E-state index contributed by atoms with van der Waals surface area (Å²) in [5, 5.41) is 11.0. The van der Waals surface area contributed by atoms with Crippen molar-refractivity contribution in [3.63, 3.8) is 0 Å². The van der Waals surface area contributed by atoms with Crippen LogP contribution < -0.4 is 9.47 Å². The number of aliphatic hydroxyl groups excluding tert-OH is 1. The Balaban J connectivity index is 1.80. The highest BCUT2D eigenvalue weighted by atomic mass is 16.5. The average molecular weight is 374 g/mol. The van der Waals surface area contributed by atoms with E-state index in [9.17, 15) is 5.11 Å². The lowest BCUT2D eigenvalue weighted by atomic mass is 10.1. The average Bonchev–Trinajstić information content (AvgIpc) is 3.12. The minimum Gasteiger partial charge on any atom is -0.493 e. The van der Waals surface area contributed by atoms with Gasteiger partial charge in [-0.15, -0.1) is 0 Å². The van der Waals surface area contributed by atoms with Crippen LogP contribution in [-0.2, 0) is 6.54 Å². The lowest BCUT2D eigenvalue weighted by molar-refractivity contribution is 0.206. The molecule has 0 aliphatic rings. The fraction of sp³-hybridized carbons (Fsp3) is 0.174. The van der Waals surface area contributed by atoms with Crippen LogP contribution in [0.15, 0.2) is 72.8 Å². The van der Waals surface area contributed by atoms with Gasteiger partial charge in [0.2, 0.25) is 0 Å². The summed E-state index contributed by atoms with van der Waals surface area (Å²) in [5.74, 6) is 1.98. The number of aromatic nitrogens is 2. The highest BCUT2D eigenvalue weighted by molar-refractivity contribution is 5.76. The number of nitrogens with zero attached hydrogens (tertiary/aromatic N) is 2. The van der Waals surface area contributed by atoms with Gasteiger partial charge in [-0.25, -0.2) is 4.98 Å². The molecule has 5 nitrogen and oxygen atoms in total. The third kappa shape index (κ3) is 3.32. The zero-order chi connectivity index (χ0) is 19.5. The van der Waals surface area contributed by atoms with Crippen LogP contribution in [0.25, 0.3) is 11.0 Å². The number of rotatable bonds is 6. The molecule has 142 valence electrons. The van der Waals surface area contributed by atoms with Crippen LogP contribution in [-0.4, -0.2) is 28.9 Å². The summed E-state index contributed by atoms with van der Waals surface area (Å²) in [4.78, 5) is 4.72. The molecule has 0 aliphatic heterocycles. The van der Waals surface area contributed by atoms with Crippen molar-refractivity contribution in [3.05, 3.63) is 89.7 Å². The van der Waals surface area contributed by atoms with E-state index in [1.54, 1.807) is 14.2 Å². The van der Waals surface area contributed by atoms with Gasteiger partial charge in [0.25, 0.3) is 0 Å². The summed E-state index contributed by atoms with van der Waals surface area (Å²) in [6, 6.07) is 23.3. The van der Waals surface area contributed by atoms with E-state index < -0.39 is 6.10 Å². The number of fused-ring (bicyclic) bond motifs is 1. The Bertz CT molecular complexity index is 1090. The first kappa shape index (κ1) is 18.1. The Morgan fingerprint density at radius 3 is 2.36 bits per heavy atom. The molecule has 4 rings (SSSR count). The van der Waals surface area contributed by atoms with Crippen LogP contribution >= 0.6 is 0 Å². The van der Waals surface area contributed by atoms with Crippen LogP contribution in [0.4, 0.5) is 0 Å². The van der Waals surface area contributed by atoms with Crippen molar-refractivity contribution in [2.75, 3.05) is 14.2 Å². The van der Waals surface area contributed by atoms with Gasteiger partial charge in [0, 0.05) is 6.54 Å². The number of imidazole rings is 1. The van der Waals surface area contributed by atoms with Crippen molar-refractivity contribution in [1.29, 1.82) is 0 Å². The lowest BCUT2D eigenvalue weighted by Crippen LogP contribution is -2.11. The van der Waals surface area contributed by atoms with Gasteiger partial charge in [0.15, 0.2) is 11.5 Å². The van der Waals surface area contributed by atoms with E-state index in [1.807, 2.05) is 77.4 Å². The molecule has 3 aromatic carbocycles. The van der Waals surface area contributed by atoms with E-state index in [0.717, 1.165) is 22.2 Å². The van der Waals surface area contributed by atoms with Gasteiger partial charge in [-0.05, 0) is 35.4 Å². The second-order valence-corrected chi connectivity index (χ2v) is 6.55. The molecule has 0 spiro atoms. The number of benzene rings is 3. The summed E-state index contributed by atoms with van der Waals surface area (Å²) in [6.07, 6.45) is -0.811. The van der Waals surface area contributed by atoms with E-state index in [1.165, 1.54) is 0 Å². The van der Waals surface area contributed by atoms with Crippen LogP contribution in [0.1, 0.15) is 23.1 Å². The Labute approximate surface area is 163 Å². The molecular weight excluding hydrogens is 352 g/mol. The van der Waals surface area contributed by atoms with E-state index in [4.69, 9.17) is 14.5 Å². The molecule has 1 aromatic heterocycles. The molecule has 0 fully saturated rings. The van der Waals surface area contributed by atoms with Crippen molar-refractivity contribution in [2.45, 2.75) is 12.6 Å². The second-order valence-electron chi connectivity index (χ2n) is 6.55. The van der Waals surface area contributed by atoms with Gasteiger partial charge in [-0.1, -0.05) is 48.5 Å². The van der Waals surface area contributed by atoms with Crippen molar-refractivity contribution in [1.82, 2.24) is 9.55 Å². The van der Waals surface area contributed by atoms with Crippen molar-refractivity contribution in [2.24, 2.45) is 0 Å². The fourth-order valence-electron chi connectivity index (χ4n) is 3.42. The zero-order valence-corrected chi connectivity index (χ0v) is 15.9. The Morgan fingerprint density at radius 1 is 0.893 bits per heavy atom. The smallest absolute Gasteiger partial charge is 0.161 e. The maximum atomic E-state index is 11.0. The van der Waals surface area contributed by atoms with Gasteiger partial charge >= 0.3 is 0 Å². The summed E-state index contributed by atoms with van der Waals surface area (Å²) >= 11 is 0. The van der Waals surface area contributed by atoms with Gasteiger partial charge in [-0.3, -0.25) is 0 Å². The molecule has 0 unspecified atom stereocenters. The number of hydrogen-bond acceptors (Lipinski definition) is 4. The number of methoxy groups -OCH3 is 2. The van der Waals surface area contributed by atoms with E-state index in [0.29, 0.717) is 23.9 Å². The third-order valence-electron chi connectivity index (χ3n) is 4.83. The summed E-state index contributed by atoms with van der Waals surface area (Å²) in [6.45, 7) is 0.556. The summed E-state index contributed by atoms with van der Waals surface area (Å²) in [7, 11) is 3.24. The highest BCUT2D eigenvalue weighted by Crippen LogP contribution is 2.30. The SMILES string of the molecule is COc1ccc(Cn2c([C@H](O)c3ccccc3)nc3ccccc32)cc1OC. The molecule has 0 radical (unpaired) electrons. The molecular formula is C23H22N2O3. The van der Waals surface area contributed by atoms with Crippen LogP contribution in [0, 0.1) is 0 Å². The highest BCUT2D eigenvalue weighted by Gasteiger charge is 2.20. The Kier molecular flexibility index (Phi) is 5.00. The minimum atomic E-state index is -0.811. The van der Waals surface area contributed by atoms with Crippen LogP contribution in [0.5, 0.6) is 11.5 Å². The first-order valence-corrected chi connectivity index (χ1v) is 9.10. The second kappa shape index (κ2) is 7.74. The summed E-state index contributed by atoms with van der Waals surface area (Å²) in [5.41, 5.74) is 3.67. The predicted molar refractivity (Wildman–Crippen MR) is 109 cm³/mol.